The van der Waals surface area contributed by atoms with Crippen LogP contribution in [-0.2, 0) is 21.1 Å². The topological polar surface area (TPSA) is 165 Å². The molecule has 12 nitrogen and oxygen atoms in total. The molecule has 2 rings (SSSR count). The molecular weight excluding hydrogens is 543 g/mol. The minimum Gasteiger partial charge on any atom is -0.378 e. The van der Waals surface area contributed by atoms with Crippen LogP contribution >= 0.6 is 0 Å². The molecule has 0 spiro atoms. The van der Waals surface area contributed by atoms with Crippen LogP contribution < -0.4 is 9.80 Å². The van der Waals surface area contributed by atoms with E-state index < -0.39 is 10.2 Å². The summed E-state index contributed by atoms with van der Waals surface area (Å²) in [6, 6.07) is 7.89. The molecule has 2 heterocycles. The minimum absolute atomic E-state index is 0. The number of anilines is 2. The molecule has 2 aromatic rings. The number of pyridine rings is 2. The van der Waals surface area contributed by atoms with Gasteiger partial charge in [-0.1, -0.05) is 0 Å². The van der Waals surface area contributed by atoms with Crippen LogP contribution in [0.3, 0.4) is 0 Å². The number of nitrogens with zero attached hydrogens (tertiary/aromatic N) is 6. The third-order valence-electron chi connectivity index (χ3n) is 2.36. The summed E-state index contributed by atoms with van der Waals surface area (Å²) in [6.07, 6.45) is 7.15. The third kappa shape index (κ3) is 23.0. The van der Waals surface area contributed by atoms with E-state index in [4.69, 9.17) is 30.6 Å². The fourth-order valence-electron chi connectivity index (χ4n) is 1.28. The zero-order chi connectivity index (χ0) is 20.5. The van der Waals surface area contributed by atoms with Gasteiger partial charge in [0.1, 0.15) is 0 Å². The Hall–Kier alpha value is -3.01. The molecule has 0 fully saturated rings. The number of aromatic nitrogens is 2. The predicted molar refractivity (Wildman–Crippen MR) is 97.9 cm³/mol. The van der Waals surface area contributed by atoms with Gasteiger partial charge in [-0.25, -0.2) is 0 Å². The monoisotopic (exact) mass is 563 g/mol. The van der Waals surface area contributed by atoms with Crippen LogP contribution in [0.25, 0.3) is 0 Å². The molecule has 0 saturated carbocycles. The minimum atomic E-state index is -1.75. The van der Waals surface area contributed by atoms with Crippen LogP contribution in [0.5, 0.6) is 0 Å². The van der Waals surface area contributed by atoms with Crippen molar-refractivity contribution in [2.45, 2.75) is 0 Å². The maximum Gasteiger partial charge on any atom is 2.00 e. The van der Waals surface area contributed by atoms with Crippen molar-refractivity contribution >= 4 is 11.4 Å². The van der Waals surface area contributed by atoms with Crippen molar-refractivity contribution in [3.8, 4) is 0 Å². The Kier molecular flexibility index (Phi) is 19.0. The van der Waals surface area contributed by atoms with Crippen LogP contribution in [0, 0.1) is 30.6 Å². The number of hydrogen-bond acceptors (Lipinski definition) is 10. The average molecular weight is 563 g/mol. The summed E-state index contributed by atoms with van der Waals surface area (Å²) < 4.78 is 0. The number of hydrogen-bond donors (Lipinski definition) is 0. The summed E-state index contributed by atoms with van der Waals surface area (Å²) in [5.41, 5.74) is 2.37. The van der Waals surface area contributed by atoms with Crippen molar-refractivity contribution < 1.29 is 31.2 Å². The zero-order valence-corrected chi connectivity index (χ0v) is 17.3. The van der Waals surface area contributed by atoms with Gasteiger partial charge in [0.2, 0.25) is 0 Å². The van der Waals surface area contributed by atoms with Crippen molar-refractivity contribution in [1.29, 1.82) is 0 Å². The Morgan fingerprint density at radius 1 is 0.667 bits per heavy atom. The molecule has 0 aliphatic heterocycles. The normalized spacial score (nSPS) is 7.85. The molecule has 2 aromatic heterocycles. The summed E-state index contributed by atoms with van der Waals surface area (Å²) in [5.74, 6) is 0. The van der Waals surface area contributed by atoms with Gasteiger partial charge in [0.25, 0.3) is 0 Å². The van der Waals surface area contributed by atoms with E-state index in [-0.39, 0.29) is 21.1 Å². The molecule has 0 aliphatic carbocycles. The first-order valence-corrected chi connectivity index (χ1v) is 6.85. The molecule has 0 bridgehead atoms. The molecule has 27 heavy (non-hydrogen) atoms. The number of rotatable bonds is 2. The summed E-state index contributed by atoms with van der Waals surface area (Å²) >= 11 is 0. The van der Waals surface area contributed by atoms with Crippen molar-refractivity contribution in [2.75, 3.05) is 38.0 Å². The second-order valence-corrected chi connectivity index (χ2v) is 4.65. The molecule has 0 aliphatic rings. The quantitative estimate of drug-likeness (QED) is 0.389. The van der Waals surface area contributed by atoms with E-state index in [1.807, 2.05) is 62.3 Å². The summed E-state index contributed by atoms with van der Waals surface area (Å²) in [7, 11) is 8.04. The van der Waals surface area contributed by atoms with Crippen molar-refractivity contribution in [3.05, 3.63) is 79.7 Å². The summed E-state index contributed by atoms with van der Waals surface area (Å²) in [5, 5.41) is 29.5. The van der Waals surface area contributed by atoms with Crippen LogP contribution in [-0.4, -0.2) is 48.3 Å². The van der Waals surface area contributed by atoms with Crippen LogP contribution in [0.2, 0.25) is 0 Å². The molecule has 0 radical (unpaired) electrons. The fraction of sp³-hybridized carbons (Fsp3) is 0.286. The van der Waals surface area contributed by atoms with Gasteiger partial charge in [0.15, 0.2) is 0 Å². The van der Waals surface area contributed by atoms with Crippen LogP contribution in [0.4, 0.5) is 11.4 Å². The van der Waals surface area contributed by atoms with Gasteiger partial charge >= 0.3 is 21.1 Å². The summed E-state index contributed by atoms with van der Waals surface area (Å²) in [4.78, 5) is 28.4. The molecule has 152 valence electrons. The fourth-order valence-corrected chi connectivity index (χ4v) is 1.28. The van der Waals surface area contributed by atoms with Gasteiger partial charge in [0.05, 0.1) is 10.2 Å². The van der Waals surface area contributed by atoms with E-state index in [9.17, 15) is 0 Å². The Morgan fingerprint density at radius 3 is 0.963 bits per heavy atom. The SMILES string of the molecule is CN(C)c1ccncc1.CN(C)c1ccncc1.O=[N+]([O-])[O-].O=[N+]([O-])[O-].[Pt+2]. The average Bonchev–Trinajstić information content (AvgIpc) is 2.56. The van der Waals surface area contributed by atoms with E-state index in [2.05, 4.69) is 9.97 Å². The predicted octanol–water partition coefficient (Wildman–Crippen LogP) is 1.81. The van der Waals surface area contributed by atoms with E-state index >= 15 is 0 Å². The molecule has 0 amide bonds. The van der Waals surface area contributed by atoms with Crippen molar-refractivity contribution in [1.82, 2.24) is 9.97 Å². The Bertz CT molecular complexity index is 555. The van der Waals surface area contributed by atoms with Gasteiger partial charge in [0, 0.05) is 64.4 Å². The molecule has 0 saturated heterocycles. The zero-order valence-electron chi connectivity index (χ0n) is 15.1. The first-order valence-electron chi connectivity index (χ1n) is 6.85. The first-order chi connectivity index (χ1) is 12.1. The van der Waals surface area contributed by atoms with Gasteiger partial charge in [-0.15, -0.1) is 0 Å². The van der Waals surface area contributed by atoms with E-state index in [0.717, 1.165) is 0 Å². The van der Waals surface area contributed by atoms with E-state index in [0.29, 0.717) is 0 Å². The van der Waals surface area contributed by atoms with Gasteiger partial charge in [-0.2, -0.15) is 0 Å². The maximum atomic E-state index is 8.25. The van der Waals surface area contributed by atoms with Gasteiger partial charge < -0.3 is 40.4 Å². The van der Waals surface area contributed by atoms with Crippen molar-refractivity contribution in [3.63, 3.8) is 0 Å². The van der Waals surface area contributed by atoms with Crippen molar-refractivity contribution in [2.24, 2.45) is 0 Å². The van der Waals surface area contributed by atoms with E-state index in [1.54, 1.807) is 24.8 Å². The second-order valence-electron chi connectivity index (χ2n) is 4.65. The second kappa shape index (κ2) is 17.8. The molecule has 0 atom stereocenters. The molecule has 13 heteroatoms. The maximum absolute atomic E-state index is 8.25. The van der Waals surface area contributed by atoms with Crippen LogP contribution in [0.15, 0.2) is 49.1 Å². The third-order valence-corrected chi connectivity index (χ3v) is 2.36. The first kappa shape index (κ1) is 28.8. The Labute approximate surface area is 170 Å². The van der Waals surface area contributed by atoms with Gasteiger partial charge in [-0.05, 0) is 24.3 Å². The Balaban J connectivity index is -0.000000303. The molecule has 0 aromatic carbocycles. The smallest absolute Gasteiger partial charge is 0.378 e. The molecule has 0 unspecified atom stereocenters. The molecule has 0 N–H and O–H groups in total. The largest absolute Gasteiger partial charge is 2.00 e. The van der Waals surface area contributed by atoms with E-state index in [1.165, 1.54) is 11.4 Å². The van der Waals surface area contributed by atoms with Crippen LogP contribution in [0.1, 0.15) is 0 Å². The van der Waals surface area contributed by atoms with Gasteiger partial charge in [-0.3, -0.25) is 9.97 Å². The summed E-state index contributed by atoms with van der Waals surface area (Å²) in [6.45, 7) is 0. The Morgan fingerprint density at radius 2 is 0.852 bits per heavy atom. The standard InChI is InChI=1S/2C7H10N2.2NO3.Pt/c2*1-9(2)7-3-5-8-6-4-7;2*2-1(3)4;/h2*3-6H,1-2H3;;;/q;;2*-1;+2. The molecular formula is C14H20N6O6Pt.